The van der Waals surface area contributed by atoms with Crippen LogP contribution in [0.4, 0.5) is 8.78 Å². The summed E-state index contributed by atoms with van der Waals surface area (Å²) in [7, 11) is 1.93. The van der Waals surface area contributed by atoms with Crippen LogP contribution in [-0.4, -0.2) is 31.2 Å². The fourth-order valence-corrected chi connectivity index (χ4v) is 3.25. The van der Waals surface area contributed by atoms with Crippen LogP contribution < -0.4 is 0 Å². The highest BCUT2D eigenvalue weighted by molar-refractivity contribution is 5.86. The van der Waals surface area contributed by atoms with Crippen molar-refractivity contribution in [3.8, 4) is 11.4 Å². The zero-order valence-electron chi connectivity index (χ0n) is 14.5. The predicted molar refractivity (Wildman–Crippen MR) is 92.9 cm³/mol. The Bertz CT molecular complexity index is 1000. The zero-order chi connectivity index (χ0) is 18.5. The molecule has 3 aromatic heterocycles. The minimum Gasteiger partial charge on any atom is -0.330 e. The molecule has 0 aliphatic heterocycles. The molecule has 3 aromatic rings. The van der Waals surface area contributed by atoms with Crippen LogP contribution in [0.25, 0.3) is 22.3 Å². The molecule has 0 atom stereocenters. The maximum absolute atomic E-state index is 13.0. The second kappa shape index (κ2) is 5.93. The fraction of sp³-hybridized carbons (Fsp3) is 0.368. The summed E-state index contributed by atoms with van der Waals surface area (Å²) in [6.45, 7) is 1.92. The van der Waals surface area contributed by atoms with Gasteiger partial charge in [-0.15, -0.1) is 0 Å². The van der Waals surface area contributed by atoms with Crippen molar-refractivity contribution in [2.24, 2.45) is 13.0 Å². The molecule has 1 saturated carbocycles. The van der Waals surface area contributed by atoms with Crippen molar-refractivity contribution in [1.82, 2.24) is 19.5 Å². The molecule has 1 fully saturated rings. The van der Waals surface area contributed by atoms with E-state index in [0.29, 0.717) is 5.69 Å². The van der Waals surface area contributed by atoms with E-state index in [2.05, 4.69) is 15.0 Å². The molecule has 0 N–H and O–H groups in total. The summed E-state index contributed by atoms with van der Waals surface area (Å²) in [4.78, 5) is 25.4. The van der Waals surface area contributed by atoms with Crippen LogP contribution in [0, 0.1) is 12.8 Å². The lowest BCUT2D eigenvalue weighted by molar-refractivity contribution is -0.147. The van der Waals surface area contributed by atoms with Crippen molar-refractivity contribution < 1.29 is 13.6 Å². The Morgan fingerprint density at radius 3 is 2.69 bits per heavy atom. The van der Waals surface area contributed by atoms with Crippen LogP contribution in [0.15, 0.2) is 30.6 Å². The molecule has 0 saturated heterocycles. The van der Waals surface area contributed by atoms with Crippen molar-refractivity contribution in [1.29, 1.82) is 0 Å². The van der Waals surface area contributed by atoms with E-state index in [9.17, 15) is 13.6 Å². The van der Waals surface area contributed by atoms with Crippen molar-refractivity contribution in [3.63, 3.8) is 0 Å². The van der Waals surface area contributed by atoms with E-state index in [0.717, 1.165) is 28.1 Å². The molecule has 1 aliphatic carbocycles. The molecule has 134 valence electrons. The Labute approximate surface area is 149 Å². The molecule has 0 bridgehead atoms. The van der Waals surface area contributed by atoms with Crippen LogP contribution >= 0.6 is 0 Å². The number of fused-ring (bicyclic) bond motifs is 1. The summed E-state index contributed by atoms with van der Waals surface area (Å²) in [5.41, 5.74) is 2.96. The number of hydrogen-bond acceptors (Lipinski definition) is 4. The maximum atomic E-state index is 13.0. The van der Waals surface area contributed by atoms with Crippen LogP contribution in [0.3, 0.4) is 0 Å². The Morgan fingerprint density at radius 1 is 1.27 bits per heavy atom. The summed E-state index contributed by atoms with van der Waals surface area (Å²) in [6.07, 6.45) is 2.81. The summed E-state index contributed by atoms with van der Waals surface area (Å²) >= 11 is 0. The minimum absolute atomic E-state index is 0.0629. The number of aromatic nitrogens is 4. The number of pyridine rings is 2. The van der Waals surface area contributed by atoms with Crippen molar-refractivity contribution in [3.05, 3.63) is 42.1 Å². The molecule has 1 aliphatic rings. The number of carbonyl (C=O) groups is 1. The fourth-order valence-electron chi connectivity index (χ4n) is 3.25. The molecule has 0 radical (unpaired) electrons. The summed E-state index contributed by atoms with van der Waals surface area (Å²) in [5, 5.41) is 0.860. The van der Waals surface area contributed by atoms with Gasteiger partial charge in [0.05, 0.1) is 23.1 Å². The predicted octanol–water partition coefficient (Wildman–Crippen LogP) is 3.50. The highest BCUT2D eigenvalue weighted by Crippen LogP contribution is 2.43. The number of ketones is 1. The van der Waals surface area contributed by atoms with Gasteiger partial charge in [-0.05, 0) is 25.1 Å². The second-order valence-corrected chi connectivity index (χ2v) is 6.92. The van der Waals surface area contributed by atoms with Gasteiger partial charge in [-0.2, -0.15) is 0 Å². The number of Topliss-reactive ketones (excluding diaryl/α,β-unsaturated/α-hetero) is 1. The largest absolute Gasteiger partial charge is 0.330 e. The molecule has 0 unspecified atom stereocenters. The SMILES string of the molecule is Cc1ncc(-c2ccc3cnc(CC(=O)C4CC(F)(F)C4)cc3n2)n1C. The van der Waals surface area contributed by atoms with Gasteiger partial charge in [-0.25, -0.2) is 18.7 Å². The molecule has 0 amide bonds. The van der Waals surface area contributed by atoms with E-state index in [1.165, 1.54) is 0 Å². The number of rotatable bonds is 4. The highest BCUT2D eigenvalue weighted by atomic mass is 19.3. The van der Waals surface area contributed by atoms with Gasteiger partial charge in [-0.3, -0.25) is 9.78 Å². The Balaban J connectivity index is 1.60. The van der Waals surface area contributed by atoms with Gasteiger partial charge >= 0.3 is 0 Å². The van der Waals surface area contributed by atoms with Gasteiger partial charge in [0.25, 0.3) is 0 Å². The smallest absolute Gasteiger partial charge is 0.249 e. The van der Waals surface area contributed by atoms with Crippen molar-refractivity contribution >= 4 is 16.7 Å². The van der Waals surface area contributed by atoms with E-state index in [-0.39, 0.29) is 25.0 Å². The summed E-state index contributed by atoms with van der Waals surface area (Å²) < 4.78 is 27.9. The minimum atomic E-state index is -2.69. The van der Waals surface area contributed by atoms with E-state index in [1.807, 2.05) is 30.7 Å². The third-order valence-electron chi connectivity index (χ3n) is 5.01. The van der Waals surface area contributed by atoms with Gasteiger partial charge in [0, 0.05) is 49.5 Å². The van der Waals surface area contributed by atoms with Gasteiger partial charge < -0.3 is 4.57 Å². The number of nitrogens with zero attached hydrogens (tertiary/aromatic N) is 4. The van der Waals surface area contributed by atoms with Gasteiger partial charge in [0.2, 0.25) is 5.92 Å². The highest BCUT2D eigenvalue weighted by Gasteiger charge is 2.48. The van der Waals surface area contributed by atoms with Gasteiger partial charge in [0.15, 0.2) is 0 Å². The molecule has 5 nitrogen and oxygen atoms in total. The lowest BCUT2D eigenvalue weighted by Crippen LogP contribution is -2.40. The Hall–Kier alpha value is -2.70. The normalized spacial score (nSPS) is 16.6. The first-order valence-electron chi connectivity index (χ1n) is 8.47. The van der Waals surface area contributed by atoms with Crippen LogP contribution in [-0.2, 0) is 18.3 Å². The van der Waals surface area contributed by atoms with E-state index in [1.54, 1.807) is 18.5 Å². The molecular formula is C19H18F2N4O. The summed E-state index contributed by atoms with van der Waals surface area (Å²) in [5.74, 6) is -2.53. The second-order valence-electron chi connectivity index (χ2n) is 6.92. The van der Waals surface area contributed by atoms with Crippen LogP contribution in [0.5, 0.6) is 0 Å². The number of alkyl halides is 2. The number of hydrogen-bond donors (Lipinski definition) is 0. The first kappa shape index (κ1) is 16.8. The standard InChI is InChI=1S/C19H18F2N4O/c1-11-22-10-17(25(11)2)15-4-3-12-9-23-14(5-16(12)24-15)6-18(26)13-7-19(20,21)8-13/h3-5,9-10,13H,6-8H2,1-2H3. The molecular weight excluding hydrogens is 338 g/mol. The van der Waals surface area contributed by atoms with Gasteiger partial charge in [-0.1, -0.05) is 0 Å². The van der Waals surface area contributed by atoms with Crippen molar-refractivity contribution in [2.75, 3.05) is 0 Å². The molecule has 7 heteroatoms. The quantitative estimate of drug-likeness (QED) is 0.718. The van der Waals surface area contributed by atoms with E-state index in [4.69, 9.17) is 0 Å². The number of aryl methyl sites for hydroxylation is 1. The monoisotopic (exact) mass is 356 g/mol. The third kappa shape index (κ3) is 2.98. The Morgan fingerprint density at radius 2 is 2.04 bits per heavy atom. The zero-order valence-corrected chi connectivity index (χ0v) is 14.5. The molecule has 0 aromatic carbocycles. The van der Waals surface area contributed by atoms with Crippen LogP contribution in [0.1, 0.15) is 24.4 Å². The number of carbonyl (C=O) groups excluding carboxylic acids is 1. The Kier molecular flexibility index (Phi) is 3.82. The third-order valence-corrected chi connectivity index (χ3v) is 5.01. The van der Waals surface area contributed by atoms with Gasteiger partial charge in [0.1, 0.15) is 11.6 Å². The molecule has 3 heterocycles. The molecule has 0 spiro atoms. The maximum Gasteiger partial charge on any atom is 0.249 e. The van der Waals surface area contributed by atoms with Crippen molar-refractivity contribution in [2.45, 2.75) is 32.1 Å². The number of halogens is 2. The lowest BCUT2D eigenvalue weighted by Gasteiger charge is -2.33. The molecule has 26 heavy (non-hydrogen) atoms. The lowest BCUT2D eigenvalue weighted by atomic mass is 9.77. The molecule has 4 rings (SSSR count). The first-order valence-corrected chi connectivity index (χ1v) is 8.47. The van der Waals surface area contributed by atoms with E-state index >= 15 is 0 Å². The van der Waals surface area contributed by atoms with E-state index < -0.39 is 11.8 Å². The average Bonchev–Trinajstić information content (AvgIpc) is 2.91. The average molecular weight is 356 g/mol. The topological polar surface area (TPSA) is 60.7 Å². The first-order chi connectivity index (χ1) is 12.3. The summed E-state index contributed by atoms with van der Waals surface area (Å²) in [6, 6.07) is 5.59. The number of imidazole rings is 1. The van der Waals surface area contributed by atoms with Crippen LogP contribution in [0.2, 0.25) is 0 Å².